The van der Waals surface area contributed by atoms with Gasteiger partial charge in [-0.1, -0.05) is 43.4 Å². The Morgan fingerprint density at radius 3 is 1.31 bits per heavy atom. The zero-order valence-electron chi connectivity index (χ0n) is 57.0. The van der Waals surface area contributed by atoms with E-state index in [9.17, 15) is 43.9 Å². The summed E-state index contributed by atoms with van der Waals surface area (Å²) in [5, 5.41) is 107. The van der Waals surface area contributed by atoms with Crippen molar-refractivity contribution in [3.05, 3.63) is 138 Å². The topological polar surface area (TPSA) is 639 Å². The lowest BCUT2D eigenvalue weighted by atomic mass is 10.1. The van der Waals surface area contributed by atoms with Crippen molar-refractivity contribution in [2.45, 2.75) is 48.1 Å². The second-order valence-electron chi connectivity index (χ2n) is 21.4. The lowest BCUT2D eigenvalue weighted by Gasteiger charge is -2.22. The number of nitrogens with zero attached hydrogens (tertiary/aromatic N) is 12. The standard InChI is InChI=1S/C29H27ClN8O16S5.C29H27ClN8O13S4/c1-2-38(17-4-3-5-19(13-17)58(43,44)9-8-48-59(45,46)47)29-34-27(30)33-28(35-29)32-16-6-7-20(22(12-16)56-53-50-41)36-37-26-24-15(11-23(25(26)31)57-54-51-42)10-18(14-21(24)39)55-52-49-40;1-2-38(18-4-3-5-20(14-18)54(42,43)11-10-47-55(44,45)46)29-34-27(30)33-28(35-29)32-17-7-9-22(24(13-17)53-51-49-41)36-37-26-21(31)8-6-16-12-19(52-50-48-40)15-23(39)25(16)26/h3-7,10-14,39-42H,2,8-9,31H2,1H3,(H,45,46,47)(H,32,33,34,35);3-9,12-15,39-41H,2,10-11,31H2,1H3,(H,44,45,46)(H,32,33,34,35). The van der Waals surface area contributed by atoms with Crippen molar-refractivity contribution in [2.24, 2.45) is 20.5 Å². The minimum absolute atomic E-state index is 0.000621. The number of hydrogen-bond donors (Lipinski definition) is 13. The molecule has 0 fully saturated rings. The number of sulfone groups is 2. The molecule has 0 aliphatic carbocycles. The minimum atomic E-state index is -4.84. The third-order valence-electron chi connectivity index (χ3n) is 14.4. The van der Waals surface area contributed by atoms with Gasteiger partial charge in [0.15, 0.2) is 19.7 Å². The Labute approximate surface area is 673 Å². The van der Waals surface area contributed by atoms with Gasteiger partial charge in [0, 0.05) is 45.6 Å². The summed E-state index contributed by atoms with van der Waals surface area (Å²) >= 11 is 15.4. The highest BCUT2D eigenvalue weighted by atomic mass is 35.5. The molecular formula is C58H54Cl2N16O29S9. The van der Waals surface area contributed by atoms with E-state index in [4.69, 9.17) is 70.1 Å². The van der Waals surface area contributed by atoms with E-state index in [-0.39, 0.29) is 133 Å². The fourth-order valence-electron chi connectivity index (χ4n) is 9.80. The molecule has 0 bridgehead atoms. The van der Waals surface area contributed by atoms with Crippen LogP contribution in [0.5, 0.6) is 11.5 Å². The van der Waals surface area contributed by atoms with Gasteiger partial charge in [-0.2, -0.15) is 46.7 Å². The molecule has 0 saturated heterocycles. The summed E-state index contributed by atoms with van der Waals surface area (Å²) in [6.45, 7) is 2.32. The second kappa shape index (κ2) is 41.2. The maximum Gasteiger partial charge on any atom is 0.397 e. The molecule has 8 aromatic carbocycles. The molecule has 2 aromatic heterocycles. The number of halogens is 2. The lowest BCUT2D eigenvalue weighted by molar-refractivity contribution is -0.432. The second-order valence-corrected chi connectivity index (χ2v) is 32.3. The van der Waals surface area contributed by atoms with Gasteiger partial charge in [0.05, 0.1) is 132 Å². The summed E-state index contributed by atoms with van der Waals surface area (Å²) in [5.74, 6) is -2.09. The summed E-state index contributed by atoms with van der Waals surface area (Å²) < 4.78 is 144. The molecule has 0 atom stereocenters. The molecule has 0 radical (unpaired) electrons. The van der Waals surface area contributed by atoms with Gasteiger partial charge < -0.3 is 42.1 Å². The molecule has 45 nitrogen and oxygen atoms in total. The highest BCUT2D eigenvalue weighted by molar-refractivity contribution is 7.95. The number of nitrogens with one attached hydrogen (secondary N) is 2. The van der Waals surface area contributed by atoms with E-state index >= 15 is 0 Å². The monoisotopic (exact) mass is 1800 g/mol. The van der Waals surface area contributed by atoms with Crippen molar-refractivity contribution in [3.8, 4) is 11.5 Å². The van der Waals surface area contributed by atoms with Gasteiger partial charge in [0.2, 0.25) is 34.4 Å². The van der Waals surface area contributed by atoms with Crippen LogP contribution < -0.4 is 31.9 Å². The van der Waals surface area contributed by atoms with Crippen molar-refractivity contribution in [2.75, 3.05) is 69.7 Å². The minimum Gasteiger partial charge on any atom is -0.507 e. The van der Waals surface area contributed by atoms with Crippen molar-refractivity contribution >= 4 is 226 Å². The predicted molar refractivity (Wildman–Crippen MR) is 408 cm³/mol. The summed E-state index contributed by atoms with van der Waals surface area (Å²) in [4.78, 5) is 29.5. The Morgan fingerprint density at radius 2 is 0.877 bits per heavy atom. The van der Waals surface area contributed by atoms with Crippen LogP contribution in [0.4, 0.5) is 80.7 Å². The zero-order valence-corrected chi connectivity index (χ0v) is 65.9. The van der Waals surface area contributed by atoms with E-state index in [0.717, 1.165) is 0 Å². The number of aromatic nitrogens is 6. The van der Waals surface area contributed by atoms with Gasteiger partial charge in [0.25, 0.3) is 0 Å². The average Bonchev–Trinajstić information content (AvgIpc) is 0.770. The summed E-state index contributed by atoms with van der Waals surface area (Å²) in [7, 11) is -17.8. The van der Waals surface area contributed by atoms with Crippen LogP contribution in [0, 0.1) is 0 Å². The number of fused-ring (bicyclic) bond motifs is 2. The zero-order chi connectivity index (χ0) is 82.5. The molecule has 10 aromatic rings. The maximum atomic E-state index is 12.9. The van der Waals surface area contributed by atoms with Crippen LogP contribution in [0.25, 0.3) is 21.5 Å². The Bertz CT molecular complexity index is 5660. The summed E-state index contributed by atoms with van der Waals surface area (Å²) in [5.41, 5.74) is 14.4. The number of phenols is 2. The predicted octanol–water partition coefficient (Wildman–Crippen LogP) is 13.9. The van der Waals surface area contributed by atoms with E-state index in [1.165, 1.54) is 101 Å². The van der Waals surface area contributed by atoms with E-state index < -0.39 is 65.2 Å². The quantitative estimate of drug-likeness (QED) is 0.00425. The third-order valence-corrected chi connectivity index (χ3v) is 22.1. The van der Waals surface area contributed by atoms with E-state index in [2.05, 4.69) is 116 Å². The Hall–Kier alpha value is -8.73. The lowest BCUT2D eigenvalue weighted by Crippen LogP contribution is -2.21. The largest absolute Gasteiger partial charge is 0.507 e. The van der Waals surface area contributed by atoms with Crippen LogP contribution in [0.2, 0.25) is 10.6 Å². The number of rotatable bonds is 39. The SMILES string of the molecule is CCN(c1cccc(S(=O)(=O)CCOS(=O)(=O)O)c1)c1nc(Cl)nc(Nc2ccc(N=Nc3c(N)c(SOOO)cc4cc(SOOO)cc(O)c34)c(SOOO)c2)n1.CCN(c1cccc(S(=O)(=O)CCOS(=O)(=O)O)c1)c1nc(Cl)nc(Nc2ccc(N=Nc3c(N)ccc4cc(SOOO)cc(O)c34)c(SOOO)c2)n1. The van der Waals surface area contributed by atoms with Gasteiger partial charge >= 0.3 is 20.8 Å². The number of aromatic hydroxyl groups is 2. The molecule has 0 aliphatic rings. The van der Waals surface area contributed by atoms with Gasteiger partial charge in [-0.05, 0) is 157 Å². The molecule has 114 heavy (non-hydrogen) atoms. The average molecular weight is 1800 g/mol. The van der Waals surface area contributed by atoms with E-state index in [1.807, 2.05) is 0 Å². The Morgan fingerprint density at radius 1 is 0.465 bits per heavy atom. The maximum absolute atomic E-state index is 12.9. The molecule has 56 heteroatoms. The van der Waals surface area contributed by atoms with Crippen molar-refractivity contribution in [3.63, 3.8) is 0 Å². The molecule has 0 aliphatic heterocycles. The fraction of sp³-hybridized carbons (Fsp3) is 0.138. The van der Waals surface area contributed by atoms with Crippen molar-refractivity contribution in [1.29, 1.82) is 0 Å². The summed E-state index contributed by atoms with van der Waals surface area (Å²) in [6, 6.07) is 30.8. The molecule has 0 spiro atoms. The number of nitrogens with two attached hydrogens (primary N) is 2. The highest BCUT2D eigenvalue weighted by Gasteiger charge is 2.25. The third kappa shape index (κ3) is 24.9. The molecule has 10 rings (SSSR count). The number of azo groups is 2. The van der Waals surface area contributed by atoms with Crippen molar-refractivity contribution in [1.82, 2.24) is 29.9 Å². The number of nitrogen functional groups attached to an aromatic ring is 2. The molecule has 0 unspecified atom stereocenters. The smallest absolute Gasteiger partial charge is 0.397 e. The first kappa shape index (κ1) is 89.2. The number of anilines is 10. The van der Waals surface area contributed by atoms with Gasteiger partial charge in [-0.3, -0.25) is 9.11 Å². The van der Waals surface area contributed by atoms with E-state index in [0.29, 0.717) is 98.6 Å². The van der Waals surface area contributed by atoms with Crippen LogP contribution in [0.1, 0.15) is 13.8 Å². The van der Waals surface area contributed by atoms with Crippen LogP contribution in [-0.2, 0) is 95.7 Å². The first-order chi connectivity index (χ1) is 54.4. The fourth-order valence-corrected chi connectivity index (χ4v) is 15.5. The van der Waals surface area contributed by atoms with Crippen LogP contribution in [0.3, 0.4) is 0 Å². The van der Waals surface area contributed by atoms with Crippen LogP contribution in [0.15, 0.2) is 182 Å². The molecule has 0 amide bonds. The normalized spacial score (nSPS) is 12.1. The van der Waals surface area contributed by atoms with Gasteiger partial charge in [-0.15, -0.1) is 42.1 Å². The summed E-state index contributed by atoms with van der Waals surface area (Å²) in [6.07, 6.45) is 0. The van der Waals surface area contributed by atoms with Crippen LogP contribution in [-0.4, -0.2) is 147 Å². The van der Waals surface area contributed by atoms with E-state index in [1.54, 1.807) is 50.2 Å². The van der Waals surface area contributed by atoms with Gasteiger partial charge in [0.1, 0.15) is 34.2 Å². The number of phenolic OH excluding ortho intramolecular Hbond substituents is 2. The Balaban J connectivity index is 0.000000262. The number of hydrogen-bond acceptors (Lipinski definition) is 48. The molecule has 608 valence electrons. The molecule has 0 saturated carbocycles. The Kier molecular flexibility index (Phi) is 32.2. The first-order valence-electron chi connectivity index (χ1n) is 30.7. The van der Waals surface area contributed by atoms with Crippen LogP contribution >= 0.6 is 83.4 Å². The molecule has 2 heterocycles. The van der Waals surface area contributed by atoms with Crippen molar-refractivity contribution < 1.29 is 135 Å². The van der Waals surface area contributed by atoms with Gasteiger partial charge in [-0.25, -0.2) is 51.5 Å². The highest BCUT2D eigenvalue weighted by Crippen LogP contribution is 2.48. The first-order valence-corrected chi connectivity index (χ1v) is 41.2. The number of benzene rings is 8. The molecule has 15 N–H and O–H groups in total. The molecular weight excluding hydrogens is 1740 g/mol.